The quantitative estimate of drug-likeness (QED) is 0.546. The maximum absolute atomic E-state index is 5.99. The van der Waals surface area contributed by atoms with E-state index in [0.29, 0.717) is 0 Å². The van der Waals surface area contributed by atoms with Gasteiger partial charge >= 0.3 is 0 Å². The minimum Gasteiger partial charge on any atom is -0.456 e. The average molecular weight is 311 g/mol. The maximum Gasteiger partial charge on any atom is 0.135 e. The minimum absolute atomic E-state index is 0. The fourth-order valence-corrected chi connectivity index (χ4v) is 2.59. The summed E-state index contributed by atoms with van der Waals surface area (Å²) in [4.78, 5) is 4.10. The summed E-state index contributed by atoms with van der Waals surface area (Å²) in [7, 11) is 0. The Hall–Kier alpha value is -2.52. The molecule has 22 heavy (non-hydrogen) atoms. The number of halogens is 1. The number of imidazole rings is 1. The second-order valence-corrected chi connectivity index (χ2v) is 5.04. The first kappa shape index (κ1) is 14.4. The van der Waals surface area contributed by atoms with E-state index in [-0.39, 0.29) is 12.4 Å². The summed E-state index contributed by atoms with van der Waals surface area (Å²) < 4.78 is 8.05. The van der Waals surface area contributed by atoms with Gasteiger partial charge in [-0.2, -0.15) is 0 Å². The van der Waals surface area contributed by atoms with Gasteiger partial charge in [0.15, 0.2) is 0 Å². The molecule has 4 rings (SSSR count). The Kier molecular flexibility index (Phi) is 3.98. The van der Waals surface area contributed by atoms with E-state index in [1.54, 1.807) is 6.20 Å². The number of furan rings is 1. The fourth-order valence-electron chi connectivity index (χ4n) is 2.59. The van der Waals surface area contributed by atoms with Gasteiger partial charge in [0.2, 0.25) is 0 Å². The van der Waals surface area contributed by atoms with Crippen molar-refractivity contribution in [2.24, 2.45) is 0 Å². The van der Waals surface area contributed by atoms with E-state index < -0.39 is 0 Å². The lowest BCUT2D eigenvalue weighted by Gasteiger charge is -2.07. The van der Waals surface area contributed by atoms with Crippen LogP contribution in [0.4, 0.5) is 0 Å². The van der Waals surface area contributed by atoms with Crippen molar-refractivity contribution in [2.75, 3.05) is 0 Å². The van der Waals surface area contributed by atoms with Crippen molar-refractivity contribution in [3.63, 3.8) is 0 Å². The van der Waals surface area contributed by atoms with Crippen LogP contribution in [0.3, 0.4) is 0 Å². The fraction of sp³-hybridized carbons (Fsp3) is 0.0556. The monoisotopic (exact) mass is 310 g/mol. The van der Waals surface area contributed by atoms with Gasteiger partial charge in [-0.25, -0.2) is 4.98 Å². The molecule has 0 bridgehead atoms. The molecule has 0 saturated carbocycles. The molecule has 0 fully saturated rings. The Balaban J connectivity index is 0.00000144. The van der Waals surface area contributed by atoms with Crippen LogP contribution in [0.1, 0.15) is 5.56 Å². The molecular formula is C18H15ClN2O. The molecule has 0 amide bonds. The molecule has 0 saturated heterocycles. The number of aromatic nitrogens is 2. The molecule has 0 aliphatic heterocycles. The second kappa shape index (κ2) is 6.08. The largest absolute Gasteiger partial charge is 0.456 e. The van der Waals surface area contributed by atoms with E-state index in [2.05, 4.69) is 39.9 Å². The Labute approximate surface area is 134 Å². The van der Waals surface area contributed by atoms with Crippen LogP contribution in [0.15, 0.2) is 77.7 Å². The number of hydrogen-bond donors (Lipinski definition) is 0. The van der Waals surface area contributed by atoms with Gasteiger partial charge in [-0.1, -0.05) is 42.5 Å². The summed E-state index contributed by atoms with van der Waals surface area (Å²) in [6.07, 6.45) is 5.59. The third kappa shape index (κ3) is 2.63. The van der Waals surface area contributed by atoms with Crippen molar-refractivity contribution < 1.29 is 4.42 Å². The molecule has 2 aromatic heterocycles. The van der Waals surface area contributed by atoms with E-state index >= 15 is 0 Å². The van der Waals surface area contributed by atoms with Gasteiger partial charge in [0.1, 0.15) is 11.3 Å². The van der Waals surface area contributed by atoms with Gasteiger partial charge in [-0.15, -0.1) is 12.4 Å². The smallest absolute Gasteiger partial charge is 0.135 e. The first-order valence-corrected chi connectivity index (χ1v) is 6.93. The summed E-state index contributed by atoms with van der Waals surface area (Å²) in [6, 6.07) is 18.5. The Morgan fingerprint density at radius 3 is 2.64 bits per heavy atom. The molecule has 3 nitrogen and oxygen atoms in total. The lowest BCUT2D eigenvalue weighted by Crippen LogP contribution is -1.98. The molecule has 2 aromatic carbocycles. The van der Waals surface area contributed by atoms with Gasteiger partial charge in [0.25, 0.3) is 0 Å². The molecule has 0 aliphatic carbocycles. The van der Waals surface area contributed by atoms with Crippen LogP contribution in [0, 0.1) is 0 Å². The lowest BCUT2D eigenvalue weighted by atomic mass is 10.0. The zero-order valence-electron chi connectivity index (χ0n) is 11.8. The Bertz CT molecular complexity index is 848. The first-order valence-electron chi connectivity index (χ1n) is 6.93. The summed E-state index contributed by atoms with van der Waals surface area (Å²) in [5, 5.41) is 1.13. The van der Waals surface area contributed by atoms with Crippen LogP contribution < -0.4 is 0 Å². The molecule has 4 aromatic rings. The third-order valence-corrected chi connectivity index (χ3v) is 3.62. The number of nitrogens with zero attached hydrogens (tertiary/aromatic N) is 2. The van der Waals surface area contributed by atoms with Gasteiger partial charge in [-0.3, -0.25) is 0 Å². The zero-order valence-corrected chi connectivity index (χ0v) is 12.7. The normalized spacial score (nSPS) is 10.5. The molecular weight excluding hydrogens is 296 g/mol. The van der Waals surface area contributed by atoms with Crippen molar-refractivity contribution >= 4 is 23.4 Å². The minimum atomic E-state index is 0. The van der Waals surface area contributed by atoms with Crippen LogP contribution in [0.2, 0.25) is 0 Å². The van der Waals surface area contributed by atoms with E-state index in [0.717, 1.165) is 28.8 Å². The van der Waals surface area contributed by atoms with Crippen molar-refractivity contribution in [3.05, 3.63) is 78.9 Å². The van der Waals surface area contributed by atoms with E-state index in [4.69, 9.17) is 4.42 Å². The van der Waals surface area contributed by atoms with E-state index in [1.165, 1.54) is 5.56 Å². The highest BCUT2D eigenvalue weighted by Gasteiger charge is 2.10. The number of fused-ring (bicyclic) bond motifs is 1. The van der Waals surface area contributed by atoms with E-state index in [9.17, 15) is 0 Å². The summed E-state index contributed by atoms with van der Waals surface area (Å²) >= 11 is 0. The molecule has 110 valence electrons. The van der Waals surface area contributed by atoms with Crippen LogP contribution in [0.5, 0.6) is 0 Å². The summed E-state index contributed by atoms with van der Waals surface area (Å²) in [5.74, 6) is 0.909. The van der Waals surface area contributed by atoms with Gasteiger partial charge < -0.3 is 8.98 Å². The first-order chi connectivity index (χ1) is 10.4. The molecule has 0 spiro atoms. The predicted octanol–water partition coefficient (Wildman–Crippen LogP) is 4.77. The van der Waals surface area contributed by atoms with E-state index in [1.807, 2.05) is 36.8 Å². The van der Waals surface area contributed by atoms with Gasteiger partial charge in [-0.05, 0) is 17.7 Å². The third-order valence-electron chi connectivity index (χ3n) is 3.62. The predicted molar refractivity (Wildman–Crippen MR) is 90.2 cm³/mol. The highest BCUT2D eigenvalue weighted by Crippen LogP contribution is 2.30. The Morgan fingerprint density at radius 2 is 1.82 bits per heavy atom. The second-order valence-electron chi connectivity index (χ2n) is 5.04. The topological polar surface area (TPSA) is 31.0 Å². The molecule has 0 aliphatic rings. The lowest BCUT2D eigenvalue weighted by molar-refractivity contribution is 0.629. The zero-order chi connectivity index (χ0) is 14.1. The van der Waals surface area contributed by atoms with Crippen LogP contribution >= 0.6 is 12.4 Å². The standard InChI is InChI=1S/C18H14N2O.ClH/c1-3-7-16(15(6-1)12-20-10-9-19-13-20)18-11-14-5-2-4-8-17(14)21-18;/h1-11,13H,12H2;1H. The van der Waals surface area contributed by atoms with Gasteiger partial charge in [0, 0.05) is 29.9 Å². The SMILES string of the molecule is Cl.c1ccc(-c2cc3ccccc3o2)c(Cn2ccnc2)c1. The highest BCUT2D eigenvalue weighted by atomic mass is 35.5. The number of rotatable bonds is 3. The summed E-state index contributed by atoms with van der Waals surface area (Å²) in [5.41, 5.74) is 3.27. The van der Waals surface area contributed by atoms with Crippen molar-refractivity contribution in [2.45, 2.75) is 6.54 Å². The number of para-hydroxylation sites is 1. The van der Waals surface area contributed by atoms with Crippen molar-refractivity contribution in [3.8, 4) is 11.3 Å². The molecule has 0 atom stereocenters. The molecule has 4 heteroatoms. The maximum atomic E-state index is 5.99. The van der Waals surface area contributed by atoms with Gasteiger partial charge in [0.05, 0.1) is 6.33 Å². The van der Waals surface area contributed by atoms with Crippen molar-refractivity contribution in [1.29, 1.82) is 0 Å². The molecule has 0 N–H and O–H groups in total. The summed E-state index contributed by atoms with van der Waals surface area (Å²) in [6.45, 7) is 0.785. The average Bonchev–Trinajstić information content (AvgIpc) is 3.16. The molecule has 0 unspecified atom stereocenters. The Morgan fingerprint density at radius 1 is 1.00 bits per heavy atom. The highest BCUT2D eigenvalue weighted by molar-refractivity contribution is 5.85. The molecule has 2 heterocycles. The molecule has 0 radical (unpaired) electrons. The van der Waals surface area contributed by atoms with Crippen LogP contribution in [-0.2, 0) is 6.54 Å². The van der Waals surface area contributed by atoms with Crippen molar-refractivity contribution in [1.82, 2.24) is 9.55 Å². The van der Waals surface area contributed by atoms with Crippen LogP contribution in [0.25, 0.3) is 22.3 Å². The number of hydrogen-bond acceptors (Lipinski definition) is 2. The van der Waals surface area contributed by atoms with Crippen LogP contribution in [-0.4, -0.2) is 9.55 Å². The number of benzene rings is 2.